The molecule has 0 aromatic heterocycles. The third-order valence-electron chi connectivity index (χ3n) is 10.5. The SMILES string of the molecule is CN(C)S(=O)(=O)NC(=O)[C@@]1(O)CC(=O)N2CC[C@@H]2C/C=C/[C@H](O)[C@@H]2CC[C@H]2CN2CCCCc3cc(Cl)ccc3COc3ccc1cc32. The first kappa shape index (κ1) is 34.7. The van der Waals surface area contributed by atoms with Gasteiger partial charge >= 0.3 is 10.2 Å². The molecule has 260 valence electrons. The van der Waals surface area contributed by atoms with Gasteiger partial charge in [-0.2, -0.15) is 12.7 Å². The minimum Gasteiger partial charge on any atom is -0.487 e. The number of rotatable bonds is 3. The second kappa shape index (κ2) is 14.0. The van der Waals surface area contributed by atoms with Gasteiger partial charge in [0.25, 0.3) is 5.91 Å². The summed E-state index contributed by atoms with van der Waals surface area (Å²) in [5.74, 6) is -0.878. The van der Waals surface area contributed by atoms with Gasteiger partial charge < -0.3 is 24.7 Å². The van der Waals surface area contributed by atoms with Gasteiger partial charge in [-0.1, -0.05) is 35.9 Å². The van der Waals surface area contributed by atoms with E-state index < -0.39 is 40.1 Å². The summed E-state index contributed by atoms with van der Waals surface area (Å²) in [5.41, 5.74) is 0.337. The highest BCUT2D eigenvalue weighted by molar-refractivity contribution is 7.87. The van der Waals surface area contributed by atoms with Gasteiger partial charge in [0.1, 0.15) is 12.4 Å². The lowest BCUT2D eigenvalue weighted by molar-refractivity contribution is -0.153. The monoisotopic (exact) mass is 700 g/mol. The fourth-order valence-corrected chi connectivity index (χ4v) is 7.99. The molecule has 1 saturated carbocycles. The lowest BCUT2D eigenvalue weighted by atomic mass is 9.70. The van der Waals surface area contributed by atoms with E-state index in [1.54, 1.807) is 17.0 Å². The molecular formula is C35H45ClN4O7S. The van der Waals surface area contributed by atoms with Crippen molar-refractivity contribution < 1.29 is 33.0 Å². The fourth-order valence-electron chi connectivity index (χ4n) is 7.21. The van der Waals surface area contributed by atoms with Crippen LogP contribution in [0.1, 0.15) is 61.6 Å². The number of hydrogen-bond acceptors (Lipinski definition) is 8. The standard InChI is InChI=1S/C35H45ClN4O7S/c1-38(2)48(45,46)37-34(43)35(44)20-33(42)40-17-15-28(40)7-5-8-31(41)29-13-10-24(29)21-39-16-4-3-6-23-18-27(36)12-9-25(23)22-47-32-14-11-26(35)19-30(32)39/h5,8-9,11-12,14,18-19,24,28-29,31,41,44H,3-4,6-7,10,13,15-17,20-22H2,1-2H3,(H,37,43)/b8-5+/t24-,28-,29+,31-,35+/m0/s1. The topological polar surface area (TPSA) is 140 Å². The van der Waals surface area contributed by atoms with E-state index in [1.165, 1.54) is 20.2 Å². The second-order valence-electron chi connectivity index (χ2n) is 13.7. The summed E-state index contributed by atoms with van der Waals surface area (Å²) in [7, 11) is -1.74. The Morgan fingerprint density at radius 2 is 1.90 bits per heavy atom. The predicted octanol–water partition coefficient (Wildman–Crippen LogP) is 3.51. The Hall–Kier alpha value is -3.16. The van der Waals surface area contributed by atoms with Crippen LogP contribution < -0.4 is 14.4 Å². The maximum Gasteiger partial charge on any atom is 0.303 e. The number of anilines is 1. The van der Waals surface area contributed by atoms with Crippen LogP contribution in [0.25, 0.3) is 0 Å². The lowest BCUT2D eigenvalue weighted by Crippen LogP contribution is -2.56. The maximum absolute atomic E-state index is 13.8. The van der Waals surface area contributed by atoms with Gasteiger partial charge in [-0.15, -0.1) is 0 Å². The summed E-state index contributed by atoms with van der Waals surface area (Å²) in [6.07, 6.45) is 8.19. The maximum atomic E-state index is 13.8. The zero-order chi connectivity index (χ0) is 34.2. The molecular weight excluding hydrogens is 656 g/mol. The van der Waals surface area contributed by atoms with E-state index in [4.69, 9.17) is 16.3 Å². The fraction of sp³-hybridized carbons (Fsp3) is 0.543. The van der Waals surface area contributed by atoms with Crippen molar-refractivity contribution in [3.05, 3.63) is 70.3 Å². The molecule has 0 radical (unpaired) electrons. The molecule has 3 aliphatic heterocycles. The van der Waals surface area contributed by atoms with Crippen LogP contribution in [-0.4, -0.2) is 85.5 Å². The zero-order valence-electron chi connectivity index (χ0n) is 27.5. The van der Waals surface area contributed by atoms with E-state index in [2.05, 4.69) is 4.90 Å². The molecule has 6 rings (SSSR count). The van der Waals surface area contributed by atoms with E-state index >= 15 is 0 Å². The van der Waals surface area contributed by atoms with Crippen molar-refractivity contribution in [1.82, 2.24) is 13.9 Å². The minimum atomic E-state index is -4.28. The number of hydrogen-bond donors (Lipinski definition) is 3. The number of nitrogens with zero attached hydrogens (tertiary/aromatic N) is 3. The molecule has 11 nitrogen and oxygen atoms in total. The summed E-state index contributed by atoms with van der Waals surface area (Å²) in [5, 5.41) is 24.0. The van der Waals surface area contributed by atoms with E-state index in [0.29, 0.717) is 42.5 Å². The van der Waals surface area contributed by atoms with Crippen LogP contribution in [0.4, 0.5) is 5.69 Å². The molecule has 48 heavy (non-hydrogen) atoms. The van der Waals surface area contributed by atoms with Crippen LogP contribution in [0.2, 0.25) is 5.02 Å². The first-order valence-electron chi connectivity index (χ1n) is 16.8. The smallest absolute Gasteiger partial charge is 0.303 e. The number of aryl methyl sites for hydroxylation is 1. The first-order valence-corrected chi connectivity index (χ1v) is 18.6. The van der Waals surface area contributed by atoms with Crippen LogP contribution in [0.3, 0.4) is 0 Å². The summed E-state index contributed by atoms with van der Waals surface area (Å²) < 4.78 is 34.8. The molecule has 0 spiro atoms. The van der Waals surface area contributed by atoms with Crippen molar-refractivity contribution in [2.45, 2.75) is 75.7 Å². The van der Waals surface area contributed by atoms with E-state index in [9.17, 15) is 28.2 Å². The van der Waals surface area contributed by atoms with Crippen molar-refractivity contribution in [3.8, 4) is 5.75 Å². The van der Waals surface area contributed by atoms with Gasteiger partial charge in [-0.3, -0.25) is 9.59 Å². The van der Waals surface area contributed by atoms with Gasteiger partial charge in [0.2, 0.25) is 5.91 Å². The number of halogens is 1. The molecule has 2 aromatic rings. The van der Waals surface area contributed by atoms with Crippen molar-refractivity contribution in [3.63, 3.8) is 0 Å². The van der Waals surface area contributed by atoms with Gasteiger partial charge in [0.15, 0.2) is 5.60 Å². The molecule has 3 heterocycles. The second-order valence-corrected chi connectivity index (χ2v) is 16.0. The summed E-state index contributed by atoms with van der Waals surface area (Å²) in [6, 6.07) is 10.5. The van der Waals surface area contributed by atoms with Crippen LogP contribution in [0, 0.1) is 11.8 Å². The summed E-state index contributed by atoms with van der Waals surface area (Å²) in [6.45, 7) is 1.97. The van der Waals surface area contributed by atoms with Crippen LogP contribution in [0.15, 0.2) is 48.6 Å². The largest absolute Gasteiger partial charge is 0.487 e. The predicted molar refractivity (Wildman–Crippen MR) is 183 cm³/mol. The molecule has 0 unspecified atom stereocenters. The zero-order valence-corrected chi connectivity index (χ0v) is 29.0. The Kier molecular flexibility index (Phi) is 10.1. The molecule has 3 N–H and O–H groups in total. The van der Waals surface area contributed by atoms with Crippen LogP contribution in [0.5, 0.6) is 5.75 Å². The van der Waals surface area contributed by atoms with E-state index in [0.717, 1.165) is 54.0 Å². The molecule has 2 bridgehead atoms. The Morgan fingerprint density at radius 3 is 2.60 bits per heavy atom. The Morgan fingerprint density at radius 1 is 1.08 bits per heavy atom. The van der Waals surface area contributed by atoms with Crippen LogP contribution >= 0.6 is 11.6 Å². The number of ether oxygens (including phenoxy) is 1. The molecule has 5 atom stereocenters. The Bertz CT molecular complexity index is 1680. The molecule has 1 saturated heterocycles. The third kappa shape index (κ3) is 7.09. The molecule has 2 fully saturated rings. The third-order valence-corrected chi connectivity index (χ3v) is 12.2. The van der Waals surface area contributed by atoms with E-state index in [1.807, 2.05) is 35.1 Å². The number of carbonyl (C=O) groups excluding carboxylic acids is 2. The molecule has 13 heteroatoms. The lowest BCUT2D eigenvalue weighted by Gasteiger charge is -2.44. The van der Waals surface area contributed by atoms with Crippen LogP contribution in [-0.2, 0) is 38.4 Å². The quantitative estimate of drug-likeness (QED) is 0.414. The van der Waals surface area contributed by atoms with Crippen molar-refractivity contribution in [2.24, 2.45) is 11.8 Å². The number of nitrogens with one attached hydrogen (secondary N) is 1. The number of fused-ring (bicyclic) bond motifs is 4. The van der Waals surface area contributed by atoms with Gasteiger partial charge in [-0.05, 0) is 97.7 Å². The van der Waals surface area contributed by atoms with Gasteiger partial charge in [0.05, 0.1) is 18.2 Å². The highest BCUT2D eigenvalue weighted by Gasteiger charge is 2.46. The first-order chi connectivity index (χ1) is 22.9. The average Bonchev–Trinajstić information content (AvgIpc) is 3.03. The average molecular weight is 701 g/mol. The Balaban J connectivity index is 1.45. The number of aliphatic hydroxyl groups excluding tert-OH is 1. The van der Waals surface area contributed by atoms with Gasteiger partial charge in [-0.25, -0.2) is 4.72 Å². The molecule has 2 aromatic carbocycles. The number of benzene rings is 2. The number of aliphatic hydroxyl groups is 2. The van der Waals surface area contributed by atoms with E-state index in [-0.39, 0.29) is 30.0 Å². The number of amides is 2. The van der Waals surface area contributed by atoms with Crippen molar-refractivity contribution >= 4 is 39.3 Å². The number of carbonyl (C=O) groups is 2. The van der Waals surface area contributed by atoms with Crippen molar-refractivity contribution in [1.29, 1.82) is 0 Å². The van der Waals surface area contributed by atoms with Gasteiger partial charge in [0, 0.05) is 44.8 Å². The highest BCUT2D eigenvalue weighted by Crippen LogP contribution is 2.42. The molecule has 2 amide bonds. The summed E-state index contributed by atoms with van der Waals surface area (Å²) >= 11 is 6.34. The normalized spacial score (nSPS) is 28.8. The Labute approximate surface area is 287 Å². The summed E-state index contributed by atoms with van der Waals surface area (Å²) in [4.78, 5) is 31.3. The van der Waals surface area contributed by atoms with Crippen molar-refractivity contribution in [2.75, 3.05) is 38.6 Å². The highest BCUT2D eigenvalue weighted by atomic mass is 35.5. The molecule has 4 aliphatic rings. The minimum absolute atomic E-state index is 0.0735. The molecule has 1 aliphatic carbocycles.